The SMILES string of the molecule is CNC(=O)[C@H](C)N(Cc1ccccc1Cl)C(=O)CN(c1cccc(Br)c1)S(=O)(=O)c1ccc(C)cc1. The van der Waals surface area contributed by atoms with Gasteiger partial charge in [0, 0.05) is 23.1 Å². The van der Waals surface area contributed by atoms with Crippen molar-refractivity contribution in [2.45, 2.75) is 31.3 Å². The number of carbonyl (C=O) groups excluding carboxylic acids is 2. The van der Waals surface area contributed by atoms with Crippen LogP contribution in [0.4, 0.5) is 5.69 Å². The van der Waals surface area contributed by atoms with Gasteiger partial charge in [-0.05, 0) is 55.8 Å². The maximum atomic E-state index is 13.7. The maximum Gasteiger partial charge on any atom is 0.264 e. The van der Waals surface area contributed by atoms with Crippen LogP contribution in [0, 0.1) is 6.92 Å². The summed E-state index contributed by atoms with van der Waals surface area (Å²) in [5, 5.41) is 2.99. The largest absolute Gasteiger partial charge is 0.357 e. The van der Waals surface area contributed by atoms with Crippen molar-refractivity contribution in [1.82, 2.24) is 10.2 Å². The molecule has 3 aromatic carbocycles. The Morgan fingerprint density at radius 1 is 1.03 bits per heavy atom. The molecule has 0 spiro atoms. The minimum atomic E-state index is -4.11. The molecule has 0 aliphatic rings. The lowest BCUT2D eigenvalue weighted by molar-refractivity contribution is -0.139. The Bertz CT molecular complexity index is 1350. The fourth-order valence-corrected chi connectivity index (χ4v) is 5.59. The van der Waals surface area contributed by atoms with Gasteiger partial charge in [0.2, 0.25) is 11.8 Å². The topological polar surface area (TPSA) is 86.8 Å². The lowest BCUT2D eigenvalue weighted by atomic mass is 10.1. The van der Waals surface area contributed by atoms with Crippen molar-refractivity contribution in [2.24, 2.45) is 0 Å². The summed E-state index contributed by atoms with van der Waals surface area (Å²) in [6.45, 7) is 2.96. The number of aryl methyl sites for hydroxylation is 1. The number of benzene rings is 3. The average Bonchev–Trinajstić information content (AvgIpc) is 2.85. The smallest absolute Gasteiger partial charge is 0.264 e. The standard InChI is InChI=1S/C26H27BrClN3O4S/c1-18-11-13-23(14-12-18)36(34,35)31(22-9-6-8-21(27)15-22)17-25(32)30(19(2)26(33)29-3)16-20-7-4-5-10-24(20)28/h4-15,19H,16-17H2,1-3H3,(H,29,33)/t19-/m0/s1. The molecule has 10 heteroatoms. The Kier molecular flexibility index (Phi) is 9.16. The predicted octanol–water partition coefficient (Wildman–Crippen LogP) is 4.77. The van der Waals surface area contributed by atoms with Crippen molar-refractivity contribution in [1.29, 1.82) is 0 Å². The molecule has 190 valence electrons. The Hall–Kier alpha value is -2.88. The summed E-state index contributed by atoms with van der Waals surface area (Å²) in [6, 6.07) is 19.2. The van der Waals surface area contributed by atoms with E-state index in [-0.39, 0.29) is 17.3 Å². The number of halogens is 2. The molecule has 1 atom stereocenters. The highest BCUT2D eigenvalue weighted by molar-refractivity contribution is 9.10. The number of hydrogen-bond acceptors (Lipinski definition) is 4. The van der Waals surface area contributed by atoms with Gasteiger partial charge >= 0.3 is 0 Å². The molecule has 3 rings (SSSR count). The highest BCUT2D eigenvalue weighted by atomic mass is 79.9. The van der Waals surface area contributed by atoms with Gasteiger partial charge in [-0.1, -0.05) is 69.5 Å². The van der Waals surface area contributed by atoms with Gasteiger partial charge in [0.05, 0.1) is 10.6 Å². The van der Waals surface area contributed by atoms with Crippen LogP contribution in [-0.4, -0.2) is 44.8 Å². The van der Waals surface area contributed by atoms with E-state index in [0.29, 0.717) is 20.7 Å². The first-order valence-electron chi connectivity index (χ1n) is 11.1. The van der Waals surface area contributed by atoms with Gasteiger partial charge in [-0.25, -0.2) is 8.42 Å². The van der Waals surface area contributed by atoms with Crippen molar-refractivity contribution >= 4 is 55.1 Å². The van der Waals surface area contributed by atoms with E-state index in [4.69, 9.17) is 11.6 Å². The molecule has 0 fully saturated rings. The molecular formula is C26H27BrClN3O4S. The van der Waals surface area contributed by atoms with Crippen LogP contribution in [-0.2, 0) is 26.2 Å². The zero-order chi connectivity index (χ0) is 26.5. The molecule has 0 bridgehead atoms. The molecule has 0 aliphatic carbocycles. The maximum absolute atomic E-state index is 13.7. The van der Waals surface area contributed by atoms with Gasteiger partial charge in [-0.15, -0.1) is 0 Å². The third kappa shape index (κ3) is 6.46. The number of likely N-dealkylation sites (N-methyl/N-ethyl adjacent to an activating group) is 1. The lowest BCUT2D eigenvalue weighted by Gasteiger charge is -2.32. The molecule has 0 saturated carbocycles. The molecular weight excluding hydrogens is 566 g/mol. The van der Waals surface area contributed by atoms with Crippen LogP contribution in [0.5, 0.6) is 0 Å². The van der Waals surface area contributed by atoms with Gasteiger partial charge in [0.25, 0.3) is 10.0 Å². The van der Waals surface area contributed by atoms with Gasteiger partial charge in [-0.2, -0.15) is 0 Å². The van der Waals surface area contributed by atoms with Gasteiger partial charge < -0.3 is 10.2 Å². The minimum absolute atomic E-state index is 0.0317. The molecule has 0 heterocycles. The molecule has 2 amide bonds. The van der Waals surface area contributed by atoms with Crippen LogP contribution in [0.25, 0.3) is 0 Å². The summed E-state index contributed by atoms with van der Waals surface area (Å²) in [5.41, 5.74) is 1.85. The van der Waals surface area contributed by atoms with E-state index in [1.807, 2.05) is 6.92 Å². The number of rotatable bonds is 9. The molecule has 1 N–H and O–H groups in total. The van der Waals surface area contributed by atoms with Crippen molar-refractivity contribution < 1.29 is 18.0 Å². The number of amides is 2. The van der Waals surface area contributed by atoms with Gasteiger partial charge in [0.1, 0.15) is 12.6 Å². The second-order valence-electron chi connectivity index (χ2n) is 8.21. The molecule has 0 aliphatic heterocycles. The van der Waals surface area contributed by atoms with Crippen LogP contribution in [0.3, 0.4) is 0 Å². The van der Waals surface area contributed by atoms with E-state index < -0.39 is 28.5 Å². The summed E-state index contributed by atoms with van der Waals surface area (Å²) in [5.74, 6) is -0.938. The number of carbonyl (C=O) groups is 2. The summed E-state index contributed by atoms with van der Waals surface area (Å²) in [4.78, 5) is 27.6. The predicted molar refractivity (Wildman–Crippen MR) is 145 cm³/mol. The van der Waals surface area contributed by atoms with Crippen LogP contribution in [0.2, 0.25) is 5.02 Å². The normalized spacial score (nSPS) is 12.0. The molecule has 0 aromatic heterocycles. The highest BCUT2D eigenvalue weighted by Gasteiger charge is 2.32. The summed E-state index contributed by atoms with van der Waals surface area (Å²) in [7, 11) is -2.63. The fraction of sp³-hybridized carbons (Fsp3) is 0.231. The zero-order valence-electron chi connectivity index (χ0n) is 20.1. The summed E-state index contributed by atoms with van der Waals surface area (Å²) < 4.78 is 29.2. The summed E-state index contributed by atoms with van der Waals surface area (Å²) >= 11 is 9.70. The van der Waals surface area contributed by atoms with Crippen molar-refractivity contribution in [3.05, 3.63) is 93.4 Å². The Morgan fingerprint density at radius 2 is 1.69 bits per heavy atom. The Balaban J connectivity index is 2.05. The van der Waals surface area contributed by atoms with E-state index in [9.17, 15) is 18.0 Å². The average molecular weight is 593 g/mol. The van der Waals surface area contributed by atoms with Gasteiger partial charge in [-0.3, -0.25) is 13.9 Å². The first-order chi connectivity index (χ1) is 17.0. The molecule has 0 saturated heterocycles. The third-order valence-electron chi connectivity index (χ3n) is 5.70. The van der Waals surface area contributed by atoms with E-state index >= 15 is 0 Å². The number of sulfonamides is 1. The van der Waals surface area contributed by atoms with E-state index in [0.717, 1.165) is 9.87 Å². The van der Waals surface area contributed by atoms with Crippen LogP contribution < -0.4 is 9.62 Å². The van der Waals surface area contributed by atoms with E-state index in [1.165, 1.54) is 24.1 Å². The summed E-state index contributed by atoms with van der Waals surface area (Å²) in [6.07, 6.45) is 0. The first-order valence-corrected chi connectivity index (χ1v) is 13.7. The minimum Gasteiger partial charge on any atom is -0.357 e. The monoisotopic (exact) mass is 591 g/mol. The Labute approximate surface area is 225 Å². The highest BCUT2D eigenvalue weighted by Crippen LogP contribution is 2.27. The van der Waals surface area contributed by atoms with Crippen molar-refractivity contribution in [2.75, 3.05) is 17.9 Å². The molecule has 36 heavy (non-hydrogen) atoms. The molecule has 0 radical (unpaired) electrons. The van der Waals surface area contributed by atoms with E-state index in [2.05, 4.69) is 21.2 Å². The van der Waals surface area contributed by atoms with Crippen molar-refractivity contribution in [3.8, 4) is 0 Å². The first kappa shape index (κ1) is 27.7. The lowest BCUT2D eigenvalue weighted by Crippen LogP contribution is -2.50. The zero-order valence-corrected chi connectivity index (χ0v) is 23.3. The van der Waals surface area contributed by atoms with E-state index in [1.54, 1.807) is 67.6 Å². The number of hydrogen-bond donors (Lipinski definition) is 1. The number of anilines is 1. The quantitative estimate of drug-likeness (QED) is 0.388. The molecule has 7 nitrogen and oxygen atoms in total. The number of nitrogens with one attached hydrogen (secondary N) is 1. The van der Waals surface area contributed by atoms with Crippen molar-refractivity contribution in [3.63, 3.8) is 0 Å². The fourth-order valence-electron chi connectivity index (χ4n) is 3.60. The molecule has 0 unspecified atom stereocenters. The second kappa shape index (κ2) is 11.9. The Morgan fingerprint density at radius 3 is 2.31 bits per heavy atom. The van der Waals surface area contributed by atoms with Crippen LogP contribution >= 0.6 is 27.5 Å². The van der Waals surface area contributed by atoms with Crippen LogP contribution in [0.15, 0.2) is 82.2 Å². The molecule has 3 aromatic rings. The van der Waals surface area contributed by atoms with Gasteiger partial charge in [0.15, 0.2) is 0 Å². The van der Waals surface area contributed by atoms with Crippen LogP contribution in [0.1, 0.15) is 18.1 Å². The third-order valence-corrected chi connectivity index (χ3v) is 8.35. The number of nitrogens with zero attached hydrogens (tertiary/aromatic N) is 2. The second-order valence-corrected chi connectivity index (χ2v) is 11.4.